The summed E-state index contributed by atoms with van der Waals surface area (Å²) in [5, 5.41) is 15.5. The number of aliphatic carboxylic acids is 1. The second-order valence-electron chi connectivity index (χ2n) is 12.1. The lowest BCUT2D eigenvalue weighted by molar-refractivity contribution is -0.141. The Kier molecular flexibility index (Phi) is 10.4. The van der Waals surface area contributed by atoms with E-state index in [4.69, 9.17) is 4.43 Å². The van der Waals surface area contributed by atoms with Gasteiger partial charge in [0.1, 0.15) is 0 Å². The predicted octanol–water partition coefficient (Wildman–Crippen LogP) is 5.62. The summed E-state index contributed by atoms with van der Waals surface area (Å²) in [6.45, 7) is 13.2. The molecule has 2 N–H and O–H groups in total. The average molecular weight is 538 g/mol. The Labute approximate surface area is 230 Å². The number of carbonyl (C=O) groups excluding carboxylic acids is 1. The van der Waals surface area contributed by atoms with Crippen molar-refractivity contribution in [1.29, 1.82) is 0 Å². The maximum atomic E-state index is 12.3. The van der Waals surface area contributed by atoms with Gasteiger partial charge in [-0.15, -0.1) is 0 Å². The van der Waals surface area contributed by atoms with Crippen molar-refractivity contribution in [2.75, 3.05) is 6.61 Å². The van der Waals surface area contributed by atoms with Crippen LogP contribution in [0, 0.1) is 23.7 Å². The van der Waals surface area contributed by atoms with Gasteiger partial charge in [-0.3, -0.25) is 9.59 Å². The highest BCUT2D eigenvalue weighted by molar-refractivity contribution is 6.99. The summed E-state index contributed by atoms with van der Waals surface area (Å²) in [4.78, 5) is 24.4. The topological polar surface area (TPSA) is 75.6 Å². The van der Waals surface area contributed by atoms with Crippen LogP contribution in [-0.2, 0) is 14.0 Å². The highest BCUT2D eigenvalue weighted by atomic mass is 28.4. The number of nitrogens with one attached hydrogen (secondary N) is 1. The Morgan fingerprint density at radius 2 is 1.50 bits per heavy atom. The SMILES string of the molecule is CCC(CC)CC(NC(C)=O)C1CC(C(=O)O)CC1CO[Si](c1ccccc1)(c1ccccc1)C(C)(C)C. The van der Waals surface area contributed by atoms with Gasteiger partial charge in [0.25, 0.3) is 8.32 Å². The molecule has 6 heteroatoms. The smallest absolute Gasteiger partial charge is 0.306 e. The second kappa shape index (κ2) is 13.1. The minimum atomic E-state index is -2.74. The minimum absolute atomic E-state index is 0.0468. The van der Waals surface area contributed by atoms with Crippen molar-refractivity contribution >= 4 is 30.6 Å². The molecule has 1 saturated carbocycles. The van der Waals surface area contributed by atoms with E-state index in [1.807, 2.05) is 12.1 Å². The molecule has 1 aliphatic carbocycles. The zero-order chi connectivity index (χ0) is 27.9. The summed E-state index contributed by atoms with van der Waals surface area (Å²) in [6, 6.07) is 21.1. The van der Waals surface area contributed by atoms with Crippen molar-refractivity contribution in [3.8, 4) is 0 Å². The van der Waals surface area contributed by atoms with E-state index in [2.05, 4.69) is 88.5 Å². The second-order valence-corrected chi connectivity index (χ2v) is 16.4. The molecule has 2 aromatic carbocycles. The lowest BCUT2D eigenvalue weighted by atomic mass is 9.82. The number of carboxylic acids is 1. The summed E-state index contributed by atoms with van der Waals surface area (Å²) in [5.41, 5.74) is 0. The van der Waals surface area contributed by atoms with Crippen LogP contribution in [0.2, 0.25) is 5.04 Å². The Balaban J connectivity index is 2.02. The Morgan fingerprint density at radius 3 is 1.92 bits per heavy atom. The van der Waals surface area contributed by atoms with Crippen LogP contribution in [-0.4, -0.2) is 37.9 Å². The Hall–Kier alpha value is -2.44. The fourth-order valence-electron chi connectivity index (χ4n) is 6.62. The lowest BCUT2D eigenvalue weighted by Crippen LogP contribution is -2.67. The van der Waals surface area contributed by atoms with Crippen molar-refractivity contribution in [3.05, 3.63) is 60.7 Å². The van der Waals surface area contributed by atoms with Gasteiger partial charge in [-0.05, 0) is 52.4 Å². The van der Waals surface area contributed by atoms with Crippen LogP contribution in [0.3, 0.4) is 0 Å². The van der Waals surface area contributed by atoms with Gasteiger partial charge in [-0.2, -0.15) is 0 Å². The molecule has 0 aromatic heterocycles. The number of hydrogen-bond donors (Lipinski definition) is 2. The van der Waals surface area contributed by atoms with Gasteiger partial charge in [-0.25, -0.2) is 0 Å². The first-order valence-electron chi connectivity index (χ1n) is 14.3. The standard InChI is InChI=1S/C32H47NO4Si/c1-7-24(8-2)19-30(33-23(3)34)29-21-25(31(35)36)20-26(29)22-37-38(32(4,5)6,27-15-11-9-12-16-27)28-17-13-10-14-18-28/h9-18,24-26,29-30H,7-8,19-22H2,1-6H3,(H,33,34)(H,35,36). The molecule has 208 valence electrons. The van der Waals surface area contributed by atoms with E-state index in [0.717, 1.165) is 19.3 Å². The highest BCUT2D eigenvalue weighted by Crippen LogP contribution is 2.43. The number of hydrogen-bond acceptors (Lipinski definition) is 3. The lowest BCUT2D eigenvalue weighted by Gasteiger charge is -2.44. The van der Waals surface area contributed by atoms with Crippen molar-refractivity contribution in [1.82, 2.24) is 5.32 Å². The van der Waals surface area contributed by atoms with Gasteiger partial charge < -0.3 is 14.8 Å². The fourth-order valence-corrected chi connectivity index (χ4v) is 11.2. The van der Waals surface area contributed by atoms with Gasteiger partial charge in [0.15, 0.2) is 0 Å². The molecule has 0 spiro atoms. The number of amides is 1. The fraction of sp³-hybridized carbons (Fsp3) is 0.562. The predicted molar refractivity (Wildman–Crippen MR) is 157 cm³/mol. The number of rotatable bonds is 12. The van der Waals surface area contributed by atoms with Gasteiger partial charge in [0, 0.05) is 19.6 Å². The molecule has 4 unspecified atom stereocenters. The maximum absolute atomic E-state index is 12.3. The van der Waals surface area contributed by atoms with Crippen LogP contribution in [0.15, 0.2) is 60.7 Å². The third kappa shape index (κ3) is 6.76. The molecule has 0 saturated heterocycles. The first kappa shape index (κ1) is 30.1. The van der Waals surface area contributed by atoms with Gasteiger partial charge in [-0.1, -0.05) is 108 Å². The van der Waals surface area contributed by atoms with E-state index in [0.29, 0.717) is 25.4 Å². The molecule has 1 amide bonds. The third-order valence-corrected chi connectivity index (χ3v) is 13.7. The van der Waals surface area contributed by atoms with Crippen molar-refractivity contribution in [2.24, 2.45) is 23.7 Å². The summed E-state index contributed by atoms with van der Waals surface area (Å²) >= 11 is 0. The number of carbonyl (C=O) groups is 2. The zero-order valence-corrected chi connectivity index (χ0v) is 25.1. The van der Waals surface area contributed by atoms with Crippen LogP contribution >= 0.6 is 0 Å². The third-order valence-electron chi connectivity index (χ3n) is 8.68. The summed E-state index contributed by atoms with van der Waals surface area (Å²) in [5.74, 6) is -0.582. The molecule has 38 heavy (non-hydrogen) atoms. The minimum Gasteiger partial charge on any atom is -0.481 e. The molecule has 2 aromatic rings. The number of benzene rings is 2. The molecule has 0 heterocycles. The monoisotopic (exact) mass is 537 g/mol. The molecule has 0 bridgehead atoms. The maximum Gasteiger partial charge on any atom is 0.306 e. The first-order valence-corrected chi connectivity index (χ1v) is 16.2. The Bertz CT molecular complexity index is 993. The van der Waals surface area contributed by atoms with Gasteiger partial charge in [0.2, 0.25) is 5.91 Å². The highest BCUT2D eigenvalue weighted by Gasteiger charge is 2.51. The molecule has 1 fully saturated rings. The van der Waals surface area contributed by atoms with Gasteiger partial charge >= 0.3 is 5.97 Å². The summed E-state index contributed by atoms with van der Waals surface area (Å²) < 4.78 is 7.25. The van der Waals surface area contributed by atoms with E-state index in [-0.39, 0.29) is 28.8 Å². The summed E-state index contributed by atoms with van der Waals surface area (Å²) in [7, 11) is -2.74. The quantitative estimate of drug-likeness (QED) is 0.345. The van der Waals surface area contributed by atoms with E-state index < -0.39 is 20.2 Å². The molecule has 1 aliphatic rings. The van der Waals surface area contributed by atoms with Crippen molar-refractivity contribution in [2.45, 2.75) is 84.7 Å². The molecular weight excluding hydrogens is 490 g/mol. The van der Waals surface area contributed by atoms with Gasteiger partial charge in [0.05, 0.1) is 5.92 Å². The van der Waals surface area contributed by atoms with Crippen molar-refractivity contribution in [3.63, 3.8) is 0 Å². The average Bonchev–Trinajstić information content (AvgIpc) is 3.32. The molecular formula is C32H47NO4Si. The van der Waals surface area contributed by atoms with Crippen LogP contribution in [0.1, 0.15) is 73.6 Å². The molecule has 0 aliphatic heterocycles. The Morgan fingerprint density at radius 1 is 0.974 bits per heavy atom. The van der Waals surface area contributed by atoms with Crippen LogP contribution in [0.5, 0.6) is 0 Å². The molecule has 0 radical (unpaired) electrons. The molecule has 3 rings (SSSR count). The number of carboxylic acid groups (broad SMARTS) is 1. The molecule has 4 atom stereocenters. The molecule has 5 nitrogen and oxygen atoms in total. The first-order chi connectivity index (χ1) is 18.0. The normalized spacial score (nSPS) is 20.9. The van der Waals surface area contributed by atoms with Crippen LogP contribution in [0.25, 0.3) is 0 Å². The van der Waals surface area contributed by atoms with Crippen LogP contribution < -0.4 is 15.7 Å². The van der Waals surface area contributed by atoms with E-state index >= 15 is 0 Å². The summed E-state index contributed by atoms with van der Waals surface area (Å²) in [6.07, 6.45) is 4.13. The zero-order valence-electron chi connectivity index (χ0n) is 24.1. The van der Waals surface area contributed by atoms with Crippen molar-refractivity contribution < 1.29 is 19.1 Å². The van der Waals surface area contributed by atoms with E-state index in [9.17, 15) is 14.7 Å². The largest absolute Gasteiger partial charge is 0.481 e. The van der Waals surface area contributed by atoms with Crippen LogP contribution in [0.4, 0.5) is 0 Å². The van der Waals surface area contributed by atoms with E-state index in [1.54, 1.807) is 6.92 Å². The van der Waals surface area contributed by atoms with E-state index in [1.165, 1.54) is 10.4 Å².